The fourth-order valence-electron chi connectivity index (χ4n) is 2.07. The number of piperidine rings is 1. The first-order valence-electron chi connectivity index (χ1n) is 6.01. The van der Waals surface area contributed by atoms with Crippen LogP contribution in [0.1, 0.15) is 46.5 Å². The highest BCUT2D eigenvalue weighted by Crippen LogP contribution is 2.21. The van der Waals surface area contributed by atoms with Gasteiger partial charge in [0.05, 0.1) is 5.60 Å². The van der Waals surface area contributed by atoms with Gasteiger partial charge in [0.25, 0.3) is 0 Å². The quantitative estimate of drug-likeness (QED) is 0.735. The van der Waals surface area contributed by atoms with E-state index in [9.17, 15) is 0 Å². The first-order valence-corrected chi connectivity index (χ1v) is 6.01. The van der Waals surface area contributed by atoms with Gasteiger partial charge in [0, 0.05) is 13.2 Å². The Morgan fingerprint density at radius 1 is 1.50 bits per heavy atom. The predicted molar refractivity (Wildman–Crippen MR) is 60.5 cm³/mol. The molecule has 0 radical (unpaired) electrons. The Morgan fingerprint density at radius 2 is 2.29 bits per heavy atom. The molecule has 0 bridgehead atoms. The molecule has 1 aliphatic heterocycles. The molecule has 1 aliphatic rings. The fourth-order valence-corrected chi connectivity index (χ4v) is 2.07. The van der Waals surface area contributed by atoms with E-state index >= 15 is 0 Å². The molecule has 0 aromatic carbocycles. The van der Waals surface area contributed by atoms with Gasteiger partial charge in [-0.25, -0.2) is 0 Å². The average Bonchev–Trinajstić information content (AvgIpc) is 2.17. The van der Waals surface area contributed by atoms with E-state index in [0.717, 1.165) is 19.7 Å². The Labute approximate surface area is 88.4 Å². The average molecular weight is 199 g/mol. The topological polar surface area (TPSA) is 21.3 Å². The molecule has 14 heavy (non-hydrogen) atoms. The molecular weight excluding hydrogens is 174 g/mol. The number of hydrogen-bond acceptors (Lipinski definition) is 2. The van der Waals surface area contributed by atoms with Crippen molar-refractivity contribution in [3.8, 4) is 0 Å². The van der Waals surface area contributed by atoms with Crippen LogP contribution in [0, 0.1) is 5.92 Å². The van der Waals surface area contributed by atoms with Gasteiger partial charge in [0.2, 0.25) is 0 Å². The lowest BCUT2D eigenvalue weighted by molar-refractivity contribution is -0.0601. The Morgan fingerprint density at radius 3 is 2.86 bits per heavy atom. The zero-order valence-corrected chi connectivity index (χ0v) is 9.94. The van der Waals surface area contributed by atoms with Crippen molar-refractivity contribution in [3.05, 3.63) is 0 Å². The van der Waals surface area contributed by atoms with E-state index in [2.05, 4.69) is 26.1 Å². The molecule has 1 N–H and O–H groups in total. The van der Waals surface area contributed by atoms with E-state index < -0.39 is 0 Å². The van der Waals surface area contributed by atoms with Crippen LogP contribution in [-0.2, 0) is 4.74 Å². The van der Waals surface area contributed by atoms with Crippen molar-refractivity contribution in [3.63, 3.8) is 0 Å². The van der Waals surface area contributed by atoms with Gasteiger partial charge in [0.15, 0.2) is 0 Å². The smallest absolute Gasteiger partial charge is 0.0778 e. The number of nitrogens with one attached hydrogen (secondary N) is 1. The normalized spacial score (nSPS) is 30.2. The summed E-state index contributed by atoms with van der Waals surface area (Å²) in [6.45, 7) is 9.85. The Kier molecular flexibility index (Phi) is 4.90. The molecule has 0 amide bonds. The third kappa shape index (κ3) is 3.97. The van der Waals surface area contributed by atoms with Crippen LogP contribution < -0.4 is 5.32 Å². The lowest BCUT2D eigenvalue weighted by Gasteiger charge is -2.35. The zero-order chi connectivity index (χ0) is 10.4. The highest BCUT2D eigenvalue weighted by Gasteiger charge is 2.27. The van der Waals surface area contributed by atoms with Crippen LogP contribution in [0.5, 0.6) is 0 Å². The van der Waals surface area contributed by atoms with E-state index in [1.165, 1.54) is 25.7 Å². The second kappa shape index (κ2) is 5.72. The maximum absolute atomic E-state index is 6.02. The molecule has 2 heteroatoms. The van der Waals surface area contributed by atoms with Gasteiger partial charge < -0.3 is 10.1 Å². The van der Waals surface area contributed by atoms with Gasteiger partial charge in [-0.3, -0.25) is 0 Å². The van der Waals surface area contributed by atoms with Crippen molar-refractivity contribution in [2.45, 2.75) is 52.1 Å². The van der Waals surface area contributed by atoms with Crippen LogP contribution in [0.15, 0.2) is 0 Å². The molecule has 0 aromatic rings. The minimum absolute atomic E-state index is 0.0975. The fraction of sp³-hybridized carbons (Fsp3) is 1.00. The van der Waals surface area contributed by atoms with Crippen LogP contribution in [0.2, 0.25) is 0 Å². The SMILES string of the molecule is CCCC(C)COC1(C)CCCNC1. The number of ether oxygens (including phenoxy) is 1. The van der Waals surface area contributed by atoms with Crippen LogP contribution in [-0.4, -0.2) is 25.3 Å². The van der Waals surface area contributed by atoms with Gasteiger partial charge in [-0.2, -0.15) is 0 Å². The first kappa shape index (κ1) is 12.0. The third-order valence-corrected chi connectivity index (χ3v) is 3.06. The largest absolute Gasteiger partial charge is 0.374 e. The Bertz CT molecular complexity index is 152. The molecule has 1 fully saturated rings. The lowest BCUT2D eigenvalue weighted by Crippen LogP contribution is -2.45. The summed E-state index contributed by atoms with van der Waals surface area (Å²) in [7, 11) is 0. The molecule has 1 rings (SSSR count). The zero-order valence-electron chi connectivity index (χ0n) is 9.94. The van der Waals surface area contributed by atoms with Crippen molar-refractivity contribution >= 4 is 0 Å². The van der Waals surface area contributed by atoms with Crippen molar-refractivity contribution in [2.75, 3.05) is 19.7 Å². The van der Waals surface area contributed by atoms with E-state index in [1.807, 2.05) is 0 Å². The Balaban J connectivity index is 2.21. The third-order valence-electron chi connectivity index (χ3n) is 3.06. The van der Waals surface area contributed by atoms with Gasteiger partial charge in [-0.1, -0.05) is 20.3 Å². The van der Waals surface area contributed by atoms with Crippen LogP contribution in [0.3, 0.4) is 0 Å². The molecule has 0 aromatic heterocycles. The molecule has 0 aliphatic carbocycles. The molecule has 2 atom stereocenters. The second-order valence-electron chi connectivity index (χ2n) is 4.94. The monoisotopic (exact) mass is 199 g/mol. The molecule has 2 nitrogen and oxygen atoms in total. The minimum Gasteiger partial charge on any atom is -0.374 e. The summed E-state index contributed by atoms with van der Waals surface area (Å²) in [6, 6.07) is 0. The Hall–Kier alpha value is -0.0800. The second-order valence-corrected chi connectivity index (χ2v) is 4.94. The maximum Gasteiger partial charge on any atom is 0.0778 e. The van der Waals surface area contributed by atoms with Crippen LogP contribution in [0.25, 0.3) is 0 Å². The van der Waals surface area contributed by atoms with Crippen molar-refractivity contribution < 1.29 is 4.74 Å². The highest BCUT2D eigenvalue weighted by atomic mass is 16.5. The van der Waals surface area contributed by atoms with E-state index in [4.69, 9.17) is 4.74 Å². The standard InChI is InChI=1S/C12H25NO/c1-4-6-11(2)9-14-12(3)7-5-8-13-10-12/h11,13H,4-10H2,1-3H3. The van der Waals surface area contributed by atoms with E-state index in [-0.39, 0.29) is 5.60 Å². The summed E-state index contributed by atoms with van der Waals surface area (Å²) in [5, 5.41) is 3.41. The molecule has 0 spiro atoms. The molecule has 84 valence electrons. The van der Waals surface area contributed by atoms with E-state index in [0.29, 0.717) is 5.92 Å². The predicted octanol–water partition coefficient (Wildman–Crippen LogP) is 2.58. The van der Waals surface area contributed by atoms with Crippen LogP contribution in [0.4, 0.5) is 0 Å². The van der Waals surface area contributed by atoms with Gasteiger partial charge >= 0.3 is 0 Å². The summed E-state index contributed by atoms with van der Waals surface area (Å²) >= 11 is 0. The summed E-state index contributed by atoms with van der Waals surface area (Å²) in [5.74, 6) is 0.707. The number of rotatable bonds is 5. The summed E-state index contributed by atoms with van der Waals surface area (Å²) in [6.07, 6.45) is 5.00. The van der Waals surface area contributed by atoms with E-state index in [1.54, 1.807) is 0 Å². The minimum atomic E-state index is 0.0975. The van der Waals surface area contributed by atoms with Crippen molar-refractivity contribution in [2.24, 2.45) is 5.92 Å². The van der Waals surface area contributed by atoms with Gasteiger partial charge in [0.1, 0.15) is 0 Å². The first-order chi connectivity index (χ1) is 6.66. The molecule has 1 heterocycles. The summed E-state index contributed by atoms with van der Waals surface area (Å²) in [4.78, 5) is 0. The summed E-state index contributed by atoms with van der Waals surface area (Å²) in [5.41, 5.74) is 0.0975. The lowest BCUT2D eigenvalue weighted by atomic mass is 9.96. The molecule has 0 saturated carbocycles. The van der Waals surface area contributed by atoms with Crippen molar-refractivity contribution in [1.29, 1.82) is 0 Å². The number of hydrogen-bond donors (Lipinski definition) is 1. The maximum atomic E-state index is 6.02. The molecular formula is C12H25NO. The summed E-state index contributed by atoms with van der Waals surface area (Å²) < 4.78 is 6.02. The van der Waals surface area contributed by atoms with Crippen LogP contribution >= 0.6 is 0 Å². The molecule has 2 unspecified atom stereocenters. The highest BCUT2D eigenvalue weighted by molar-refractivity contribution is 4.82. The van der Waals surface area contributed by atoms with Gasteiger partial charge in [-0.15, -0.1) is 0 Å². The molecule has 1 saturated heterocycles. The van der Waals surface area contributed by atoms with Gasteiger partial charge in [-0.05, 0) is 38.6 Å². The van der Waals surface area contributed by atoms with Crippen molar-refractivity contribution in [1.82, 2.24) is 5.32 Å².